The van der Waals surface area contributed by atoms with E-state index in [9.17, 15) is 4.79 Å². The van der Waals surface area contributed by atoms with Crippen LogP contribution in [0.15, 0.2) is 79.3 Å². The second-order valence-corrected chi connectivity index (χ2v) is 6.63. The smallest absolute Gasteiger partial charge is 0.319 e. The normalized spacial score (nSPS) is 11.5. The average Bonchev–Trinajstić information content (AvgIpc) is 3.30. The van der Waals surface area contributed by atoms with Gasteiger partial charge in [0, 0.05) is 30.0 Å². The van der Waals surface area contributed by atoms with Crippen molar-refractivity contribution >= 4 is 23.4 Å². The van der Waals surface area contributed by atoms with E-state index in [0.29, 0.717) is 11.6 Å². The van der Waals surface area contributed by atoms with Gasteiger partial charge in [0.25, 0.3) is 0 Å². The molecule has 3 heterocycles. The highest BCUT2D eigenvalue weighted by molar-refractivity contribution is 5.90. The van der Waals surface area contributed by atoms with Crippen molar-refractivity contribution < 1.29 is 4.79 Å². The van der Waals surface area contributed by atoms with E-state index in [-0.39, 0.29) is 12.1 Å². The number of H-pyrrole nitrogens is 1. The van der Waals surface area contributed by atoms with E-state index in [1.54, 1.807) is 12.4 Å². The van der Waals surface area contributed by atoms with Crippen LogP contribution < -0.4 is 16.0 Å². The summed E-state index contributed by atoms with van der Waals surface area (Å²) in [5.74, 6) is 0.465. The van der Waals surface area contributed by atoms with Gasteiger partial charge in [-0.05, 0) is 55.5 Å². The molecule has 1 unspecified atom stereocenters. The second kappa shape index (κ2) is 8.87. The first-order chi connectivity index (χ1) is 14.7. The van der Waals surface area contributed by atoms with Crippen LogP contribution >= 0.6 is 0 Å². The zero-order chi connectivity index (χ0) is 20.8. The number of aromatic nitrogens is 4. The van der Waals surface area contributed by atoms with Gasteiger partial charge in [-0.3, -0.25) is 4.98 Å². The number of rotatable bonds is 6. The number of nitrogens with zero attached hydrogens (tertiary/aromatic N) is 3. The topological polar surface area (TPSA) is 108 Å². The highest BCUT2D eigenvalue weighted by atomic mass is 16.2. The Morgan fingerprint density at radius 3 is 2.67 bits per heavy atom. The summed E-state index contributed by atoms with van der Waals surface area (Å²) >= 11 is 0. The number of nitrogens with one attached hydrogen (secondary N) is 4. The highest BCUT2D eigenvalue weighted by Gasteiger charge is 2.11. The predicted octanol–water partition coefficient (Wildman–Crippen LogP) is 4.49. The molecule has 8 nitrogen and oxygen atoms in total. The standard InChI is InChI=1S/C22H21N7O/c1-15(18-8-2-3-11-23-18)26-22(30)28-17-7-4-6-16(14-17)27-21-25-13-10-20(29-21)19-9-5-12-24-19/h2-15,24H,1H3,(H,25,27,29)(H2,26,28,30). The van der Waals surface area contributed by atoms with Gasteiger partial charge < -0.3 is 20.9 Å². The molecule has 0 fully saturated rings. The minimum absolute atomic E-state index is 0.211. The van der Waals surface area contributed by atoms with Crippen molar-refractivity contribution in [2.24, 2.45) is 0 Å². The number of pyridine rings is 1. The molecule has 0 saturated carbocycles. The number of hydrogen-bond acceptors (Lipinski definition) is 5. The molecule has 4 rings (SSSR count). The van der Waals surface area contributed by atoms with Crippen LogP contribution in [0.4, 0.5) is 22.1 Å². The molecule has 8 heteroatoms. The van der Waals surface area contributed by atoms with Crippen LogP contribution in [-0.2, 0) is 0 Å². The summed E-state index contributed by atoms with van der Waals surface area (Å²) in [6.07, 6.45) is 5.24. The third-order valence-corrected chi connectivity index (χ3v) is 4.39. The molecule has 4 aromatic rings. The van der Waals surface area contributed by atoms with Crippen LogP contribution in [0.2, 0.25) is 0 Å². The molecule has 0 aliphatic carbocycles. The van der Waals surface area contributed by atoms with E-state index in [1.165, 1.54) is 0 Å². The van der Waals surface area contributed by atoms with E-state index in [4.69, 9.17) is 0 Å². The van der Waals surface area contributed by atoms with Crippen LogP contribution in [0.5, 0.6) is 0 Å². The molecule has 150 valence electrons. The molecular formula is C22H21N7O. The molecule has 0 spiro atoms. The largest absolute Gasteiger partial charge is 0.360 e. The molecule has 30 heavy (non-hydrogen) atoms. The van der Waals surface area contributed by atoms with Gasteiger partial charge in [-0.25, -0.2) is 14.8 Å². The summed E-state index contributed by atoms with van der Waals surface area (Å²) in [5, 5.41) is 8.88. The number of aromatic amines is 1. The van der Waals surface area contributed by atoms with Crippen molar-refractivity contribution in [3.8, 4) is 11.4 Å². The molecule has 4 N–H and O–H groups in total. The van der Waals surface area contributed by atoms with Crippen molar-refractivity contribution in [1.82, 2.24) is 25.3 Å². The van der Waals surface area contributed by atoms with Gasteiger partial charge in [0.05, 0.1) is 23.1 Å². The number of carbonyl (C=O) groups is 1. The molecular weight excluding hydrogens is 378 g/mol. The van der Waals surface area contributed by atoms with Crippen LogP contribution in [-0.4, -0.2) is 26.0 Å². The molecule has 0 aliphatic rings. The number of amides is 2. The van der Waals surface area contributed by atoms with Gasteiger partial charge in [-0.1, -0.05) is 12.1 Å². The van der Waals surface area contributed by atoms with Crippen molar-refractivity contribution in [2.75, 3.05) is 10.6 Å². The summed E-state index contributed by atoms with van der Waals surface area (Å²) in [6, 6.07) is 18.1. The monoisotopic (exact) mass is 399 g/mol. The lowest BCUT2D eigenvalue weighted by Crippen LogP contribution is -2.31. The summed E-state index contributed by atoms with van der Waals surface area (Å²) in [5.41, 5.74) is 3.90. The number of anilines is 3. The fourth-order valence-electron chi connectivity index (χ4n) is 2.93. The quantitative estimate of drug-likeness (QED) is 0.382. The molecule has 0 saturated heterocycles. The van der Waals surface area contributed by atoms with Gasteiger partial charge >= 0.3 is 6.03 Å². The minimum Gasteiger partial charge on any atom is -0.360 e. The van der Waals surface area contributed by atoms with Crippen molar-refractivity contribution in [3.05, 3.63) is 84.9 Å². The van der Waals surface area contributed by atoms with Crippen molar-refractivity contribution in [1.29, 1.82) is 0 Å². The first-order valence-electron chi connectivity index (χ1n) is 9.50. The molecule has 1 aromatic carbocycles. The summed E-state index contributed by atoms with van der Waals surface area (Å²) in [7, 11) is 0. The van der Waals surface area contributed by atoms with Gasteiger partial charge in [-0.2, -0.15) is 0 Å². The molecule has 3 aromatic heterocycles. The average molecular weight is 399 g/mol. The van der Waals surface area contributed by atoms with Gasteiger partial charge in [0.1, 0.15) is 0 Å². The maximum absolute atomic E-state index is 12.3. The molecule has 2 amide bonds. The number of hydrogen-bond donors (Lipinski definition) is 4. The Balaban J connectivity index is 1.40. The Kier molecular flexibility index (Phi) is 5.66. The van der Waals surface area contributed by atoms with Crippen LogP contribution in [0, 0.1) is 0 Å². The zero-order valence-corrected chi connectivity index (χ0v) is 16.3. The first-order valence-corrected chi connectivity index (χ1v) is 9.50. The van der Waals surface area contributed by atoms with Crippen molar-refractivity contribution in [3.63, 3.8) is 0 Å². The van der Waals surface area contributed by atoms with Gasteiger partial charge in [-0.15, -0.1) is 0 Å². The van der Waals surface area contributed by atoms with E-state index < -0.39 is 0 Å². The third kappa shape index (κ3) is 4.79. The molecule has 0 aliphatic heterocycles. The van der Waals surface area contributed by atoms with Gasteiger partial charge in [0.15, 0.2) is 0 Å². The van der Waals surface area contributed by atoms with Crippen LogP contribution in [0.1, 0.15) is 18.7 Å². The van der Waals surface area contributed by atoms with E-state index in [0.717, 1.165) is 22.8 Å². The van der Waals surface area contributed by atoms with Gasteiger partial charge in [0.2, 0.25) is 5.95 Å². The Morgan fingerprint density at radius 2 is 1.87 bits per heavy atom. The van der Waals surface area contributed by atoms with E-state index >= 15 is 0 Å². The number of urea groups is 1. The zero-order valence-electron chi connectivity index (χ0n) is 16.3. The number of carbonyl (C=O) groups excluding carboxylic acids is 1. The van der Waals surface area contributed by atoms with Crippen molar-refractivity contribution in [2.45, 2.75) is 13.0 Å². The van der Waals surface area contributed by atoms with E-state index in [2.05, 4.69) is 35.9 Å². The Labute approximate surface area is 173 Å². The predicted molar refractivity (Wildman–Crippen MR) is 116 cm³/mol. The SMILES string of the molecule is CC(NC(=O)Nc1cccc(Nc2nccc(-c3ccc[nH]3)n2)c1)c1ccccn1. The van der Waals surface area contributed by atoms with Crippen LogP contribution in [0.3, 0.4) is 0 Å². The first kappa shape index (κ1) is 19.1. The molecule has 0 radical (unpaired) electrons. The summed E-state index contributed by atoms with van der Waals surface area (Å²) < 4.78 is 0. The Hall–Kier alpha value is -4.20. The molecule has 1 atom stereocenters. The Bertz CT molecular complexity index is 1110. The lowest BCUT2D eigenvalue weighted by molar-refractivity contribution is 0.249. The van der Waals surface area contributed by atoms with Crippen LogP contribution in [0.25, 0.3) is 11.4 Å². The Morgan fingerprint density at radius 1 is 0.967 bits per heavy atom. The van der Waals surface area contributed by atoms with E-state index in [1.807, 2.05) is 73.8 Å². The number of benzene rings is 1. The summed E-state index contributed by atoms with van der Waals surface area (Å²) in [4.78, 5) is 28.5. The minimum atomic E-state index is -0.310. The lowest BCUT2D eigenvalue weighted by atomic mass is 10.2. The lowest BCUT2D eigenvalue weighted by Gasteiger charge is -2.14. The fraction of sp³-hybridized carbons (Fsp3) is 0.0909. The maximum atomic E-state index is 12.3. The highest BCUT2D eigenvalue weighted by Crippen LogP contribution is 2.20. The third-order valence-electron chi connectivity index (χ3n) is 4.39. The summed E-state index contributed by atoms with van der Waals surface area (Å²) in [6.45, 7) is 1.88. The molecule has 0 bridgehead atoms. The maximum Gasteiger partial charge on any atom is 0.319 e. The second-order valence-electron chi connectivity index (χ2n) is 6.63. The fourth-order valence-corrected chi connectivity index (χ4v) is 2.93.